The number of nitrogens with zero attached hydrogens (tertiary/aromatic N) is 2. The van der Waals surface area contributed by atoms with E-state index in [1.807, 2.05) is 0 Å². The summed E-state index contributed by atoms with van der Waals surface area (Å²) in [6, 6.07) is 0.594. The van der Waals surface area contributed by atoms with Crippen LogP contribution in [0.15, 0.2) is 6.20 Å². The number of halogens is 1. The second kappa shape index (κ2) is 3.27. The molecule has 1 saturated carbocycles. The molecule has 0 spiro atoms. The third-order valence-corrected chi connectivity index (χ3v) is 3.16. The second-order valence-corrected chi connectivity index (χ2v) is 5.53. The predicted octanol–water partition coefficient (Wildman–Crippen LogP) is 3.56. The second-order valence-electron chi connectivity index (χ2n) is 5.12. The van der Waals surface area contributed by atoms with Crippen LogP contribution in [0.25, 0.3) is 0 Å². The minimum Gasteiger partial charge on any atom is -0.264 e. The average molecular weight is 213 g/mol. The third-order valence-electron chi connectivity index (χ3n) is 2.88. The van der Waals surface area contributed by atoms with E-state index >= 15 is 0 Å². The van der Waals surface area contributed by atoms with Crippen molar-refractivity contribution < 1.29 is 0 Å². The van der Waals surface area contributed by atoms with Crippen molar-refractivity contribution in [2.24, 2.45) is 0 Å². The molecule has 0 amide bonds. The Morgan fingerprint density at radius 3 is 2.50 bits per heavy atom. The Hall–Kier alpha value is -0.500. The van der Waals surface area contributed by atoms with Gasteiger partial charge in [-0.15, -0.1) is 0 Å². The highest BCUT2D eigenvalue weighted by molar-refractivity contribution is 6.31. The van der Waals surface area contributed by atoms with Crippen molar-refractivity contribution in [3.63, 3.8) is 0 Å². The molecule has 1 heterocycles. The first-order valence-corrected chi connectivity index (χ1v) is 5.61. The fourth-order valence-corrected chi connectivity index (χ4v) is 2.36. The van der Waals surface area contributed by atoms with Crippen molar-refractivity contribution in [1.82, 2.24) is 9.78 Å². The van der Waals surface area contributed by atoms with Gasteiger partial charge >= 0.3 is 0 Å². The van der Waals surface area contributed by atoms with Crippen molar-refractivity contribution in [2.75, 3.05) is 0 Å². The molecule has 0 saturated heterocycles. The van der Waals surface area contributed by atoms with Crippen molar-refractivity contribution in [2.45, 2.75) is 51.5 Å². The van der Waals surface area contributed by atoms with Gasteiger partial charge in [0.25, 0.3) is 0 Å². The van der Waals surface area contributed by atoms with Crippen LogP contribution in [0.3, 0.4) is 0 Å². The van der Waals surface area contributed by atoms with Crippen molar-refractivity contribution in [3.8, 4) is 0 Å². The van der Waals surface area contributed by atoms with E-state index in [1.165, 1.54) is 25.0 Å². The normalized spacial score (nSPS) is 18.3. The standard InChI is InChI=1S/C11H17ClN2/c1-11(2,3)10-9(12)7-13-14(10)8-5-4-6-8/h7-8H,4-6H2,1-3H3. The Morgan fingerprint density at radius 1 is 1.43 bits per heavy atom. The molecule has 2 rings (SSSR count). The van der Waals surface area contributed by atoms with Crippen molar-refractivity contribution in [3.05, 3.63) is 16.9 Å². The van der Waals surface area contributed by atoms with Crippen LogP contribution < -0.4 is 0 Å². The van der Waals surface area contributed by atoms with Gasteiger partial charge in [0.15, 0.2) is 0 Å². The maximum absolute atomic E-state index is 6.17. The van der Waals surface area contributed by atoms with E-state index in [-0.39, 0.29) is 5.41 Å². The molecule has 0 N–H and O–H groups in total. The molecule has 3 heteroatoms. The summed E-state index contributed by atoms with van der Waals surface area (Å²) < 4.78 is 2.13. The van der Waals surface area contributed by atoms with Gasteiger partial charge in [0.2, 0.25) is 0 Å². The van der Waals surface area contributed by atoms with Gasteiger partial charge < -0.3 is 0 Å². The van der Waals surface area contributed by atoms with Gasteiger partial charge in [-0.05, 0) is 19.3 Å². The molecule has 0 aliphatic heterocycles. The predicted molar refractivity (Wildman–Crippen MR) is 58.8 cm³/mol. The zero-order valence-electron chi connectivity index (χ0n) is 9.05. The van der Waals surface area contributed by atoms with Gasteiger partial charge in [-0.25, -0.2) is 0 Å². The van der Waals surface area contributed by atoms with Crippen LogP contribution in [0.2, 0.25) is 5.02 Å². The summed E-state index contributed by atoms with van der Waals surface area (Å²) in [6.07, 6.45) is 5.61. The van der Waals surface area contributed by atoms with Crippen LogP contribution >= 0.6 is 11.6 Å². The Kier molecular flexibility index (Phi) is 2.34. The van der Waals surface area contributed by atoms with Gasteiger partial charge in [-0.2, -0.15) is 5.10 Å². The molecule has 2 nitrogen and oxygen atoms in total. The largest absolute Gasteiger partial charge is 0.264 e. The molecule has 0 bridgehead atoms. The molecule has 1 aromatic rings. The fraction of sp³-hybridized carbons (Fsp3) is 0.727. The lowest BCUT2D eigenvalue weighted by Gasteiger charge is -2.31. The van der Waals surface area contributed by atoms with E-state index in [0.29, 0.717) is 6.04 Å². The van der Waals surface area contributed by atoms with E-state index in [9.17, 15) is 0 Å². The van der Waals surface area contributed by atoms with Crippen LogP contribution in [0, 0.1) is 0 Å². The van der Waals surface area contributed by atoms with Crippen LogP contribution in [-0.2, 0) is 5.41 Å². The summed E-state index contributed by atoms with van der Waals surface area (Å²) in [5.41, 5.74) is 1.27. The molecule has 0 unspecified atom stereocenters. The van der Waals surface area contributed by atoms with Crippen LogP contribution in [0.4, 0.5) is 0 Å². The summed E-state index contributed by atoms with van der Waals surface area (Å²) in [7, 11) is 0. The molecule has 14 heavy (non-hydrogen) atoms. The first-order valence-electron chi connectivity index (χ1n) is 5.23. The van der Waals surface area contributed by atoms with Crippen molar-refractivity contribution in [1.29, 1.82) is 0 Å². The zero-order chi connectivity index (χ0) is 10.3. The van der Waals surface area contributed by atoms with E-state index < -0.39 is 0 Å². The van der Waals surface area contributed by atoms with Gasteiger partial charge in [0.05, 0.1) is 23.0 Å². The number of hydrogen-bond acceptors (Lipinski definition) is 1. The highest BCUT2D eigenvalue weighted by Gasteiger charge is 2.29. The van der Waals surface area contributed by atoms with Crippen LogP contribution in [0.1, 0.15) is 51.8 Å². The molecule has 78 valence electrons. The number of rotatable bonds is 1. The highest BCUT2D eigenvalue weighted by atomic mass is 35.5. The fourth-order valence-electron chi connectivity index (χ4n) is 1.95. The summed E-state index contributed by atoms with van der Waals surface area (Å²) in [5, 5.41) is 5.20. The van der Waals surface area contributed by atoms with Gasteiger partial charge in [0.1, 0.15) is 0 Å². The van der Waals surface area contributed by atoms with Gasteiger partial charge in [-0.1, -0.05) is 32.4 Å². The summed E-state index contributed by atoms with van der Waals surface area (Å²) in [5.74, 6) is 0. The summed E-state index contributed by atoms with van der Waals surface area (Å²) >= 11 is 6.17. The lowest BCUT2D eigenvalue weighted by atomic mass is 9.88. The minimum atomic E-state index is 0.0865. The zero-order valence-corrected chi connectivity index (χ0v) is 9.80. The maximum atomic E-state index is 6.17. The Labute approximate surface area is 90.3 Å². The Morgan fingerprint density at radius 2 is 2.07 bits per heavy atom. The molecular weight excluding hydrogens is 196 g/mol. The molecule has 1 aromatic heterocycles. The molecule has 1 aliphatic carbocycles. The number of hydrogen-bond donors (Lipinski definition) is 0. The lowest BCUT2D eigenvalue weighted by Crippen LogP contribution is -2.26. The molecule has 0 atom stereocenters. The highest BCUT2D eigenvalue weighted by Crippen LogP contribution is 2.37. The molecule has 1 fully saturated rings. The van der Waals surface area contributed by atoms with E-state index in [0.717, 1.165) is 5.02 Å². The summed E-state index contributed by atoms with van der Waals surface area (Å²) in [6.45, 7) is 6.56. The Balaban J connectivity index is 2.40. The topological polar surface area (TPSA) is 17.8 Å². The lowest BCUT2D eigenvalue weighted by molar-refractivity contribution is 0.271. The first-order chi connectivity index (χ1) is 6.50. The van der Waals surface area contributed by atoms with Gasteiger partial charge in [-0.3, -0.25) is 4.68 Å². The quantitative estimate of drug-likeness (QED) is 0.696. The average Bonchev–Trinajstić information content (AvgIpc) is 2.26. The molecular formula is C11H17ClN2. The smallest absolute Gasteiger partial charge is 0.0823 e. The van der Waals surface area contributed by atoms with Crippen LogP contribution in [-0.4, -0.2) is 9.78 Å². The first kappa shape index (κ1) is 10.0. The molecule has 0 radical (unpaired) electrons. The van der Waals surface area contributed by atoms with Gasteiger partial charge in [0, 0.05) is 5.41 Å². The summed E-state index contributed by atoms with van der Waals surface area (Å²) in [4.78, 5) is 0. The molecule has 0 aromatic carbocycles. The SMILES string of the molecule is CC(C)(C)c1c(Cl)cnn1C1CCC1. The minimum absolute atomic E-state index is 0.0865. The van der Waals surface area contributed by atoms with Crippen molar-refractivity contribution >= 4 is 11.6 Å². The molecule has 1 aliphatic rings. The maximum Gasteiger partial charge on any atom is 0.0823 e. The van der Waals surface area contributed by atoms with E-state index in [1.54, 1.807) is 6.20 Å². The van der Waals surface area contributed by atoms with Crippen LogP contribution in [0.5, 0.6) is 0 Å². The number of aromatic nitrogens is 2. The van der Waals surface area contributed by atoms with E-state index in [2.05, 4.69) is 30.6 Å². The monoisotopic (exact) mass is 212 g/mol. The third kappa shape index (κ3) is 1.56. The van der Waals surface area contributed by atoms with E-state index in [4.69, 9.17) is 11.6 Å². The Bertz CT molecular complexity index is 332.